The van der Waals surface area contributed by atoms with Crippen LogP contribution in [0.1, 0.15) is 136 Å². The molecule has 3 fully saturated rings. The highest BCUT2D eigenvalue weighted by Gasteiger charge is 2.30. The Morgan fingerprint density at radius 2 is 0.831 bits per heavy atom. The van der Waals surface area contributed by atoms with Crippen molar-refractivity contribution in [2.75, 3.05) is 35.6 Å². The van der Waals surface area contributed by atoms with Gasteiger partial charge >= 0.3 is 6.18 Å². The Labute approximate surface area is 461 Å². The van der Waals surface area contributed by atoms with Gasteiger partial charge in [-0.05, 0) is 217 Å². The lowest BCUT2D eigenvalue weighted by atomic mass is 9.98. The van der Waals surface area contributed by atoms with E-state index in [1.807, 2.05) is 48.5 Å². The molecule has 0 bridgehead atoms. The first-order valence-electron chi connectivity index (χ1n) is 26.9. The predicted octanol–water partition coefficient (Wildman–Crippen LogP) is 14.3. The third kappa shape index (κ3) is 19.5. The number of rotatable bonds is 15. The first kappa shape index (κ1) is 58.2. The SMILES string of the molecule is C#Cc1ccc(C(=O)Nc2ccc(CCC3CCCCN3)cc2)cc1.O=C(Nc1ccc(CCC2CCCCN2)cc1)c1ccc(C(F)(F)F)cc1.O=C(Nc1ccc(CCC2CCCCN2)cc1)c1ccc(Cl)c(Cl)c1. The van der Waals surface area contributed by atoms with Gasteiger partial charge in [0.25, 0.3) is 17.7 Å². The van der Waals surface area contributed by atoms with E-state index in [2.05, 4.69) is 62.1 Å². The summed E-state index contributed by atoms with van der Waals surface area (Å²) in [6.07, 6.45) is 19.0. The van der Waals surface area contributed by atoms with Crippen LogP contribution in [0.15, 0.2) is 140 Å². The van der Waals surface area contributed by atoms with Crippen LogP contribution in [-0.2, 0) is 25.4 Å². The first-order valence-corrected chi connectivity index (χ1v) is 27.6. The van der Waals surface area contributed by atoms with Crippen LogP contribution in [-0.4, -0.2) is 55.5 Å². The second kappa shape index (κ2) is 29.9. The van der Waals surface area contributed by atoms with E-state index in [9.17, 15) is 27.6 Å². The molecule has 3 amide bonds. The van der Waals surface area contributed by atoms with Crippen LogP contribution in [0.2, 0.25) is 10.0 Å². The van der Waals surface area contributed by atoms with Gasteiger partial charge in [-0.1, -0.05) is 84.8 Å². The molecule has 404 valence electrons. The van der Waals surface area contributed by atoms with Gasteiger partial charge in [-0.25, -0.2) is 0 Å². The lowest BCUT2D eigenvalue weighted by Crippen LogP contribution is -2.34. The largest absolute Gasteiger partial charge is 0.416 e. The maximum atomic E-state index is 12.6. The molecular weight excluding hydrogens is 1020 g/mol. The predicted molar refractivity (Wildman–Crippen MR) is 307 cm³/mol. The van der Waals surface area contributed by atoms with Crippen LogP contribution in [0, 0.1) is 12.3 Å². The van der Waals surface area contributed by atoms with Crippen LogP contribution in [0.5, 0.6) is 0 Å². The molecule has 0 spiro atoms. The molecule has 9 rings (SSSR count). The van der Waals surface area contributed by atoms with Gasteiger partial charge < -0.3 is 31.9 Å². The van der Waals surface area contributed by atoms with Gasteiger partial charge in [0, 0.05) is 57.4 Å². The van der Waals surface area contributed by atoms with E-state index < -0.39 is 17.6 Å². The van der Waals surface area contributed by atoms with E-state index in [0.717, 1.165) is 80.8 Å². The standard InChI is InChI=1S/C22H24N2O.C21H23F3N2O.C20H22Cl2N2O/c1-2-17-6-11-19(12-7-17)22(25)24-21-14-9-18(10-15-21)8-13-20-5-3-4-16-23-20;22-21(23,24)17-9-7-16(8-10-17)20(27)26-19-12-5-15(6-13-19)4-11-18-3-1-2-14-25-18;21-18-11-7-15(13-19(18)22)20(25)24-17-9-5-14(6-10-17)4-8-16-3-1-2-12-23-16/h1,6-7,9-12,14-15,20,23H,3-5,8,13,16H2,(H,24,25);5-10,12-13,18,25H,1-4,11,14H2,(H,26,27);5-7,9-11,13,16,23H,1-4,8,12H2,(H,24,25). The molecule has 0 radical (unpaired) electrons. The number of alkyl halides is 3. The van der Waals surface area contributed by atoms with Crippen molar-refractivity contribution in [2.45, 2.75) is 121 Å². The monoisotopic (exact) mass is 1080 g/mol. The highest BCUT2D eigenvalue weighted by Crippen LogP contribution is 2.30. The molecule has 6 N–H and O–H groups in total. The van der Waals surface area contributed by atoms with Crippen molar-refractivity contribution in [3.05, 3.63) is 194 Å². The third-order valence-electron chi connectivity index (χ3n) is 14.2. The Balaban J connectivity index is 0.000000168. The summed E-state index contributed by atoms with van der Waals surface area (Å²) < 4.78 is 37.7. The number of terminal acetylenes is 1. The summed E-state index contributed by atoms with van der Waals surface area (Å²) in [6, 6.07) is 41.8. The van der Waals surface area contributed by atoms with Gasteiger partial charge in [0.1, 0.15) is 0 Å². The molecule has 0 saturated carbocycles. The van der Waals surface area contributed by atoms with Gasteiger partial charge in [0.15, 0.2) is 0 Å². The Kier molecular flexibility index (Phi) is 22.6. The Hall–Kier alpha value is -6.46. The number of aryl methyl sites for hydroxylation is 3. The molecule has 3 aliphatic heterocycles. The molecule has 3 saturated heterocycles. The average Bonchev–Trinajstić information content (AvgIpc) is 3.46. The number of carbonyl (C=O) groups is 3. The average molecular weight is 1090 g/mol. The molecule has 77 heavy (non-hydrogen) atoms. The number of hydrogen-bond donors (Lipinski definition) is 6. The number of halogens is 5. The fourth-order valence-electron chi connectivity index (χ4n) is 9.57. The summed E-state index contributed by atoms with van der Waals surface area (Å²) in [7, 11) is 0. The number of nitrogens with one attached hydrogen (secondary N) is 6. The smallest absolute Gasteiger partial charge is 0.322 e. The number of carbonyl (C=O) groups excluding carboxylic acids is 3. The van der Waals surface area contributed by atoms with Crippen molar-refractivity contribution < 1.29 is 27.6 Å². The molecular formula is C63H69Cl2F3N6O3. The topological polar surface area (TPSA) is 123 Å². The second-order valence-corrected chi connectivity index (χ2v) is 20.7. The quantitative estimate of drug-likeness (QED) is 0.0570. The maximum absolute atomic E-state index is 12.6. The van der Waals surface area contributed by atoms with E-state index in [4.69, 9.17) is 29.6 Å². The minimum absolute atomic E-state index is 0.122. The van der Waals surface area contributed by atoms with Gasteiger partial charge in [-0.15, -0.1) is 6.42 Å². The fourth-order valence-corrected chi connectivity index (χ4v) is 9.87. The normalized spacial score (nSPS) is 17.2. The van der Waals surface area contributed by atoms with Crippen molar-refractivity contribution in [2.24, 2.45) is 0 Å². The minimum Gasteiger partial charge on any atom is -0.322 e. The van der Waals surface area contributed by atoms with E-state index in [0.29, 0.717) is 45.0 Å². The molecule has 0 aliphatic carbocycles. The fraction of sp³-hybridized carbons (Fsp3) is 0.349. The summed E-state index contributed by atoms with van der Waals surface area (Å²) in [4.78, 5) is 36.7. The summed E-state index contributed by atoms with van der Waals surface area (Å²) in [5.74, 6) is 1.80. The molecule has 9 nitrogen and oxygen atoms in total. The Morgan fingerprint density at radius 3 is 1.16 bits per heavy atom. The lowest BCUT2D eigenvalue weighted by Gasteiger charge is -2.23. The second-order valence-electron chi connectivity index (χ2n) is 19.9. The zero-order valence-electron chi connectivity index (χ0n) is 43.4. The molecule has 3 unspecified atom stereocenters. The molecule has 6 aromatic carbocycles. The van der Waals surface area contributed by atoms with Crippen LogP contribution in [0.4, 0.5) is 30.2 Å². The number of benzene rings is 6. The number of piperidine rings is 3. The Bertz CT molecular complexity index is 2840. The maximum Gasteiger partial charge on any atom is 0.416 e. The summed E-state index contributed by atoms with van der Waals surface area (Å²) in [5.41, 5.74) is 7.30. The molecule has 3 heterocycles. The number of anilines is 3. The van der Waals surface area contributed by atoms with Crippen LogP contribution in [0.3, 0.4) is 0 Å². The van der Waals surface area contributed by atoms with E-state index in [1.165, 1.54) is 93.0 Å². The van der Waals surface area contributed by atoms with Crippen molar-refractivity contribution in [3.8, 4) is 12.3 Å². The van der Waals surface area contributed by atoms with Gasteiger partial charge in [0.05, 0.1) is 15.6 Å². The summed E-state index contributed by atoms with van der Waals surface area (Å²) in [6.45, 7) is 3.39. The van der Waals surface area contributed by atoms with Crippen molar-refractivity contribution in [1.29, 1.82) is 0 Å². The zero-order chi connectivity index (χ0) is 54.4. The first-order chi connectivity index (χ1) is 37.3. The van der Waals surface area contributed by atoms with Crippen LogP contribution >= 0.6 is 23.2 Å². The van der Waals surface area contributed by atoms with Gasteiger partial charge in [-0.3, -0.25) is 14.4 Å². The zero-order valence-corrected chi connectivity index (χ0v) is 44.9. The number of hydrogen-bond acceptors (Lipinski definition) is 6. The van der Waals surface area contributed by atoms with Gasteiger partial charge in [-0.2, -0.15) is 13.2 Å². The molecule has 0 aromatic heterocycles. The highest BCUT2D eigenvalue weighted by molar-refractivity contribution is 6.42. The van der Waals surface area contributed by atoms with Crippen molar-refractivity contribution >= 4 is 58.0 Å². The van der Waals surface area contributed by atoms with Crippen molar-refractivity contribution in [1.82, 2.24) is 16.0 Å². The molecule has 6 aromatic rings. The van der Waals surface area contributed by atoms with Crippen molar-refractivity contribution in [3.63, 3.8) is 0 Å². The summed E-state index contributed by atoms with van der Waals surface area (Å²) >= 11 is 11.8. The molecule has 14 heteroatoms. The third-order valence-corrected chi connectivity index (χ3v) is 14.9. The van der Waals surface area contributed by atoms with E-state index >= 15 is 0 Å². The Morgan fingerprint density at radius 1 is 0.481 bits per heavy atom. The summed E-state index contributed by atoms with van der Waals surface area (Å²) in [5, 5.41) is 20.0. The minimum atomic E-state index is -4.40. The highest BCUT2D eigenvalue weighted by atomic mass is 35.5. The molecule has 3 aliphatic rings. The van der Waals surface area contributed by atoms with Crippen LogP contribution in [0.25, 0.3) is 0 Å². The number of amides is 3. The van der Waals surface area contributed by atoms with E-state index in [1.54, 1.807) is 42.5 Å². The van der Waals surface area contributed by atoms with E-state index in [-0.39, 0.29) is 17.4 Å². The van der Waals surface area contributed by atoms with Gasteiger partial charge in [0.2, 0.25) is 0 Å². The molecule has 3 atom stereocenters. The lowest BCUT2D eigenvalue weighted by molar-refractivity contribution is -0.137. The van der Waals surface area contributed by atoms with Crippen LogP contribution < -0.4 is 31.9 Å².